The number of benzene rings is 1. The molecule has 1 aliphatic rings. The predicted molar refractivity (Wildman–Crippen MR) is 131 cm³/mol. The average molecular weight is 473 g/mol. The van der Waals surface area contributed by atoms with E-state index in [1.54, 1.807) is 13.2 Å². The Morgan fingerprint density at radius 2 is 2.03 bits per heavy atom. The van der Waals surface area contributed by atoms with Gasteiger partial charge < -0.3 is 20.7 Å². The van der Waals surface area contributed by atoms with Crippen LogP contribution in [0, 0.1) is 24.2 Å². The van der Waals surface area contributed by atoms with Gasteiger partial charge in [0.05, 0.1) is 11.8 Å². The SMILES string of the molecule is CNC(=O)[C@H]1CC[C@@H](Nc2nc(NCc3cncnc3Oc3cccc(C)c3)ncc2C#N)CC1. The number of nitriles is 1. The Bertz CT molecular complexity index is 1220. The fourth-order valence-electron chi connectivity index (χ4n) is 4.08. The van der Waals surface area contributed by atoms with Gasteiger partial charge in [0.25, 0.3) is 0 Å². The minimum atomic E-state index is 0.0421. The van der Waals surface area contributed by atoms with Crippen LogP contribution >= 0.6 is 0 Å². The van der Waals surface area contributed by atoms with Crippen molar-refractivity contribution in [2.75, 3.05) is 17.7 Å². The molecule has 1 amide bonds. The normalized spacial score (nSPS) is 17.2. The summed E-state index contributed by atoms with van der Waals surface area (Å²) in [7, 11) is 1.67. The number of ether oxygens (including phenoxy) is 1. The molecule has 0 unspecified atom stereocenters. The number of amides is 1. The van der Waals surface area contributed by atoms with Gasteiger partial charge >= 0.3 is 0 Å². The Labute approximate surface area is 204 Å². The molecule has 10 nitrogen and oxygen atoms in total. The molecule has 1 aliphatic carbocycles. The molecule has 0 radical (unpaired) electrons. The molecule has 2 heterocycles. The van der Waals surface area contributed by atoms with Crippen molar-refractivity contribution in [2.24, 2.45) is 5.92 Å². The van der Waals surface area contributed by atoms with E-state index in [4.69, 9.17) is 4.74 Å². The van der Waals surface area contributed by atoms with Gasteiger partial charge in [-0.2, -0.15) is 10.2 Å². The molecule has 3 N–H and O–H groups in total. The summed E-state index contributed by atoms with van der Waals surface area (Å²) in [6, 6.07) is 10.0. The first-order valence-corrected chi connectivity index (χ1v) is 11.6. The van der Waals surface area contributed by atoms with Crippen LogP contribution in [0.25, 0.3) is 0 Å². The highest BCUT2D eigenvalue weighted by Crippen LogP contribution is 2.28. The van der Waals surface area contributed by atoms with E-state index in [0.717, 1.165) is 36.8 Å². The van der Waals surface area contributed by atoms with Gasteiger partial charge in [-0.25, -0.2) is 15.0 Å². The number of nitrogens with one attached hydrogen (secondary N) is 3. The van der Waals surface area contributed by atoms with E-state index in [0.29, 0.717) is 35.5 Å². The third-order valence-corrected chi connectivity index (χ3v) is 5.98. The number of aromatic nitrogens is 4. The van der Waals surface area contributed by atoms with Crippen LogP contribution in [0.5, 0.6) is 11.6 Å². The van der Waals surface area contributed by atoms with Crippen LogP contribution in [0.4, 0.5) is 11.8 Å². The van der Waals surface area contributed by atoms with Crippen LogP contribution in [-0.4, -0.2) is 38.9 Å². The molecule has 1 saturated carbocycles. The number of nitrogens with zero attached hydrogens (tertiary/aromatic N) is 5. The zero-order valence-electron chi connectivity index (χ0n) is 19.8. The smallest absolute Gasteiger partial charge is 0.227 e. The first kappa shape index (κ1) is 23.9. The highest BCUT2D eigenvalue weighted by molar-refractivity contribution is 5.78. The quantitative estimate of drug-likeness (QED) is 0.449. The number of carbonyl (C=O) groups is 1. The van der Waals surface area contributed by atoms with Crippen molar-refractivity contribution in [1.82, 2.24) is 25.3 Å². The van der Waals surface area contributed by atoms with Gasteiger partial charge in [0.2, 0.25) is 17.7 Å². The van der Waals surface area contributed by atoms with Crippen LogP contribution in [0.15, 0.2) is 43.0 Å². The molecule has 1 fully saturated rings. The number of anilines is 2. The summed E-state index contributed by atoms with van der Waals surface area (Å²) >= 11 is 0. The Balaban J connectivity index is 1.42. The molecule has 10 heteroatoms. The van der Waals surface area contributed by atoms with E-state index in [-0.39, 0.29) is 17.9 Å². The summed E-state index contributed by atoms with van der Waals surface area (Å²) in [5, 5.41) is 18.8. The maximum Gasteiger partial charge on any atom is 0.227 e. The number of rotatable bonds is 8. The van der Waals surface area contributed by atoms with Crippen LogP contribution in [-0.2, 0) is 11.3 Å². The first-order valence-electron chi connectivity index (χ1n) is 11.6. The number of carbonyl (C=O) groups excluding carboxylic acids is 1. The van der Waals surface area contributed by atoms with Crippen molar-refractivity contribution >= 4 is 17.7 Å². The Morgan fingerprint density at radius 3 is 2.77 bits per heavy atom. The van der Waals surface area contributed by atoms with Crippen LogP contribution in [0.3, 0.4) is 0 Å². The second-order valence-electron chi connectivity index (χ2n) is 8.50. The second-order valence-corrected chi connectivity index (χ2v) is 8.50. The molecular weight excluding hydrogens is 444 g/mol. The lowest BCUT2D eigenvalue weighted by molar-refractivity contribution is -0.125. The van der Waals surface area contributed by atoms with E-state index in [9.17, 15) is 10.1 Å². The Hall–Kier alpha value is -4.26. The largest absolute Gasteiger partial charge is 0.439 e. The molecule has 0 saturated heterocycles. The maximum absolute atomic E-state index is 11.9. The van der Waals surface area contributed by atoms with Crippen molar-refractivity contribution in [3.63, 3.8) is 0 Å². The fraction of sp³-hybridized carbons (Fsp3) is 0.360. The second kappa shape index (κ2) is 11.2. The number of hydrogen-bond acceptors (Lipinski definition) is 9. The van der Waals surface area contributed by atoms with Crippen LogP contribution in [0.1, 0.15) is 42.4 Å². The number of aryl methyl sites for hydroxylation is 1. The van der Waals surface area contributed by atoms with Crippen molar-refractivity contribution < 1.29 is 9.53 Å². The van der Waals surface area contributed by atoms with Gasteiger partial charge in [-0.05, 0) is 50.3 Å². The lowest BCUT2D eigenvalue weighted by Crippen LogP contribution is -2.34. The molecule has 3 aromatic rings. The van der Waals surface area contributed by atoms with Gasteiger partial charge in [-0.3, -0.25) is 4.79 Å². The third-order valence-electron chi connectivity index (χ3n) is 5.98. The molecule has 2 aromatic heterocycles. The summed E-state index contributed by atoms with van der Waals surface area (Å²) in [4.78, 5) is 29.1. The highest BCUT2D eigenvalue weighted by Gasteiger charge is 2.26. The van der Waals surface area contributed by atoms with E-state index in [1.165, 1.54) is 12.5 Å². The molecule has 180 valence electrons. The van der Waals surface area contributed by atoms with E-state index in [2.05, 4.69) is 42.0 Å². The highest BCUT2D eigenvalue weighted by atomic mass is 16.5. The van der Waals surface area contributed by atoms with Gasteiger partial charge in [0.1, 0.15) is 29.5 Å². The Kier molecular flexibility index (Phi) is 7.67. The van der Waals surface area contributed by atoms with E-state index in [1.807, 2.05) is 31.2 Å². The van der Waals surface area contributed by atoms with Crippen LogP contribution < -0.4 is 20.7 Å². The molecule has 0 atom stereocenters. The molecule has 4 rings (SSSR count). The molecule has 0 spiro atoms. The summed E-state index contributed by atoms with van der Waals surface area (Å²) < 4.78 is 5.96. The summed E-state index contributed by atoms with van der Waals surface area (Å²) in [5.74, 6) is 2.12. The molecule has 0 bridgehead atoms. The zero-order chi connectivity index (χ0) is 24.6. The number of hydrogen-bond donors (Lipinski definition) is 3. The maximum atomic E-state index is 11.9. The first-order chi connectivity index (χ1) is 17.1. The minimum absolute atomic E-state index is 0.0421. The van der Waals surface area contributed by atoms with Gasteiger partial charge in [-0.15, -0.1) is 0 Å². The van der Waals surface area contributed by atoms with Gasteiger partial charge in [0, 0.05) is 31.7 Å². The minimum Gasteiger partial charge on any atom is -0.439 e. The molecule has 1 aromatic carbocycles. The average Bonchev–Trinajstić information content (AvgIpc) is 2.88. The molecule has 35 heavy (non-hydrogen) atoms. The van der Waals surface area contributed by atoms with Gasteiger partial charge in [0.15, 0.2) is 0 Å². The topological polar surface area (TPSA) is 138 Å². The lowest BCUT2D eigenvalue weighted by Gasteiger charge is -2.28. The van der Waals surface area contributed by atoms with Crippen molar-refractivity contribution in [2.45, 2.75) is 45.2 Å². The summed E-state index contributed by atoms with van der Waals surface area (Å²) in [6.07, 6.45) is 7.87. The monoisotopic (exact) mass is 472 g/mol. The van der Waals surface area contributed by atoms with E-state index < -0.39 is 0 Å². The predicted octanol–water partition coefficient (Wildman–Crippen LogP) is 3.57. The fourth-order valence-corrected chi connectivity index (χ4v) is 4.08. The van der Waals surface area contributed by atoms with E-state index >= 15 is 0 Å². The zero-order valence-corrected chi connectivity index (χ0v) is 19.8. The van der Waals surface area contributed by atoms with Crippen LogP contribution in [0.2, 0.25) is 0 Å². The van der Waals surface area contributed by atoms with Crippen molar-refractivity contribution in [3.8, 4) is 17.7 Å². The van der Waals surface area contributed by atoms with Gasteiger partial charge in [-0.1, -0.05) is 12.1 Å². The Morgan fingerprint density at radius 1 is 1.20 bits per heavy atom. The summed E-state index contributed by atoms with van der Waals surface area (Å²) in [6.45, 7) is 2.33. The lowest BCUT2D eigenvalue weighted by atomic mass is 9.85. The third kappa shape index (κ3) is 6.20. The molecule has 0 aliphatic heterocycles. The standard InChI is InChI=1S/C25H28N8O2/c1-16-4-3-5-21(10-16)35-24-19(12-28-15-31-24)14-30-25-29-13-18(11-26)22(33-25)32-20-8-6-17(7-9-20)23(34)27-2/h3-5,10,12-13,15,17,20H,6-9,14H2,1-2H3,(H,27,34)(H2,29,30,32,33)/t17-,20+. The summed E-state index contributed by atoms with van der Waals surface area (Å²) in [5.41, 5.74) is 2.20. The molecular formula is C25H28N8O2. The van der Waals surface area contributed by atoms with Crippen molar-refractivity contribution in [3.05, 3.63) is 59.7 Å². The van der Waals surface area contributed by atoms with Crippen molar-refractivity contribution in [1.29, 1.82) is 5.26 Å².